The predicted molar refractivity (Wildman–Crippen MR) is 75.1 cm³/mol. The molecule has 5 nitrogen and oxygen atoms in total. The minimum atomic E-state index is -1.08. The first-order valence-electron chi connectivity index (χ1n) is 6.03. The first-order valence-corrected chi connectivity index (χ1v) is 6.82. The van der Waals surface area contributed by atoms with E-state index < -0.39 is 11.4 Å². The van der Waals surface area contributed by atoms with Gasteiger partial charge in [-0.05, 0) is 31.0 Å². The van der Waals surface area contributed by atoms with E-state index in [2.05, 4.69) is 21.2 Å². The summed E-state index contributed by atoms with van der Waals surface area (Å²) in [6.45, 7) is 0.289. The fraction of sp³-hybridized carbons (Fsp3) is 0.385. The summed E-state index contributed by atoms with van der Waals surface area (Å²) in [5.74, 6) is -1.27. The van der Waals surface area contributed by atoms with Crippen LogP contribution in [0.1, 0.15) is 29.6 Å². The van der Waals surface area contributed by atoms with E-state index in [9.17, 15) is 9.59 Å². The molecule has 0 spiro atoms. The van der Waals surface area contributed by atoms with Gasteiger partial charge in [0.1, 0.15) is 0 Å². The van der Waals surface area contributed by atoms with Crippen molar-refractivity contribution in [1.29, 1.82) is 0 Å². The summed E-state index contributed by atoms with van der Waals surface area (Å²) in [6.07, 6.45) is 2.50. The minimum Gasteiger partial charge on any atom is -0.478 e. The Morgan fingerprint density at radius 1 is 1.42 bits per heavy atom. The molecule has 0 radical (unpaired) electrons. The Kier molecular flexibility index (Phi) is 3.91. The fourth-order valence-electron chi connectivity index (χ4n) is 2.18. The molecule has 0 heterocycles. The van der Waals surface area contributed by atoms with Crippen LogP contribution in [0.5, 0.6) is 0 Å². The van der Waals surface area contributed by atoms with Crippen LogP contribution in [0.3, 0.4) is 0 Å². The molecule has 19 heavy (non-hydrogen) atoms. The van der Waals surface area contributed by atoms with Crippen molar-refractivity contribution in [2.24, 2.45) is 11.1 Å². The van der Waals surface area contributed by atoms with Gasteiger partial charge in [-0.15, -0.1) is 0 Å². The van der Waals surface area contributed by atoms with Crippen molar-refractivity contribution >= 4 is 33.5 Å². The van der Waals surface area contributed by atoms with Crippen LogP contribution in [-0.2, 0) is 4.79 Å². The lowest BCUT2D eigenvalue weighted by atomic mass is 9.68. The molecule has 102 valence electrons. The highest BCUT2D eigenvalue weighted by atomic mass is 79.9. The Morgan fingerprint density at radius 3 is 2.58 bits per heavy atom. The molecule has 0 bridgehead atoms. The minimum absolute atomic E-state index is 0.0641. The van der Waals surface area contributed by atoms with Crippen LogP contribution in [0.15, 0.2) is 22.7 Å². The molecule has 1 aliphatic rings. The molecule has 0 unspecified atom stereocenters. The molecule has 6 heteroatoms. The van der Waals surface area contributed by atoms with Crippen LogP contribution in [0.4, 0.5) is 5.69 Å². The second-order valence-corrected chi connectivity index (χ2v) is 5.70. The molecule has 4 N–H and O–H groups in total. The highest BCUT2D eigenvalue weighted by molar-refractivity contribution is 9.10. The van der Waals surface area contributed by atoms with Crippen molar-refractivity contribution in [3.05, 3.63) is 28.2 Å². The van der Waals surface area contributed by atoms with E-state index in [0.29, 0.717) is 10.2 Å². The highest BCUT2D eigenvalue weighted by Gasteiger charge is 2.43. The summed E-state index contributed by atoms with van der Waals surface area (Å²) < 4.78 is 0.653. The zero-order chi connectivity index (χ0) is 14.0. The number of hydrogen-bond donors (Lipinski definition) is 3. The molecule has 1 saturated carbocycles. The number of nitrogens with one attached hydrogen (secondary N) is 1. The number of carboxylic acids is 1. The Bertz CT molecular complexity index is 521. The lowest BCUT2D eigenvalue weighted by molar-refractivity contribution is -0.129. The van der Waals surface area contributed by atoms with Gasteiger partial charge in [-0.25, -0.2) is 4.79 Å². The maximum atomic E-state index is 12.2. The third kappa shape index (κ3) is 2.64. The Hall–Kier alpha value is -1.40. The lowest BCUT2D eigenvalue weighted by Gasteiger charge is -2.39. The Balaban J connectivity index is 2.24. The average Bonchev–Trinajstić information content (AvgIpc) is 2.30. The molecule has 1 aliphatic carbocycles. The van der Waals surface area contributed by atoms with E-state index in [-0.39, 0.29) is 18.0 Å². The number of aromatic carboxylic acids is 1. The SMILES string of the molecule is NCC1(C(=O)Nc2ccc(Br)cc2C(=O)O)CCC1. The standard InChI is InChI=1S/C13H15BrN2O3/c14-8-2-3-10(9(6-8)11(17)18)16-12(19)13(7-15)4-1-5-13/h2-3,6H,1,4-5,7,15H2,(H,16,19)(H,17,18). The number of carbonyl (C=O) groups excluding carboxylic acids is 1. The second kappa shape index (κ2) is 5.30. The summed E-state index contributed by atoms with van der Waals surface area (Å²) >= 11 is 3.21. The van der Waals surface area contributed by atoms with Gasteiger partial charge in [0.05, 0.1) is 16.7 Å². The number of anilines is 1. The smallest absolute Gasteiger partial charge is 0.337 e. The van der Waals surface area contributed by atoms with Gasteiger partial charge in [0.15, 0.2) is 0 Å². The first-order chi connectivity index (χ1) is 8.98. The Labute approximate surface area is 119 Å². The van der Waals surface area contributed by atoms with Crippen molar-refractivity contribution in [3.8, 4) is 0 Å². The number of carboxylic acid groups (broad SMARTS) is 1. The normalized spacial score (nSPS) is 16.5. The molecule has 1 aromatic carbocycles. The van der Waals surface area contributed by atoms with Gasteiger partial charge in [0, 0.05) is 11.0 Å². The summed E-state index contributed by atoms with van der Waals surface area (Å²) in [5.41, 5.74) is 5.51. The van der Waals surface area contributed by atoms with Crippen molar-refractivity contribution in [3.63, 3.8) is 0 Å². The van der Waals surface area contributed by atoms with Crippen LogP contribution in [0.2, 0.25) is 0 Å². The van der Waals surface area contributed by atoms with Gasteiger partial charge >= 0.3 is 5.97 Å². The van der Waals surface area contributed by atoms with E-state index in [4.69, 9.17) is 10.8 Å². The lowest BCUT2D eigenvalue weighted by Crippen LogP contribution is -2.47. The summed E-state index contributed by atoms with van der Waals surface area (Å²) in [6, 6.07) is 4.74. The zero-order valence-electron chi connectivity index (χ0n) is 10.3. The van der Waals surface area contributed by atoms with Gasteiger partial charge in [-0.2, -0.15) is 0 Å². The van der Waals surface area contributed by atoms with Crippen LogP contribution in [0.25, 0.3) is 0 Å². The van der Waals surface area contributed by atoms with Gasteiger partial charge < -0.3 is 16.2 Å². The van der Waals surface area contributed by atoms with Crippen LogP contribution in [-0.4, -0.2) is 23.5 Å². The first kappa shape index (κ1) is 14.0. The number of carbonyl (C=O) groups is 2. The van der Waals surface area contributed by atoms with Crippen molar-refractivity contribution < 1.29 is 14.7 Å². The number of rotatable bonds is 4. The molecule has 2 rings (SSSR count). The van der Waals surface area contributed by atoms with Gasteiger partial charge in [-0.1, -0.05) is 22.4 Å². The average molecular weight is 327 g/mol. The number of hydrogen-bond acceptors (Lipinski definition) is 3. The van der Waals surface area contributed by atoms with Crippen molar-refractivity contribution in [2.75, 3.05) is 11.9 Å². The molecule has 0 saturated heterocycles. The molecule has 1 aromatic rings. The Morgan fingerprint density at radius 2 is 2.11 bits per heavy atom. The largest absolute Gasteiger partial charge is 0.478 e. The maximum absolute atomic E-state index is 12.2. The third-order valence-corrected chi connectivity index (χ3v) is 4.14. The maximum Gasteiger partial charge on any atom is 0.337 e. The summed E-state index contributed by atoms with van der Waals surface area (Å²) in [5, 5.41) is 11.8. The molecule has 0 atom stereocenters. The van der Waals surface area contributed by atoms with Gasteiger partial charge in [0.2, 0.25) is 5.91 Å². The van der Waals surface area contributed by atoms with E-state index in [0.717, 1.165) is 19.3 Å². The second-order valence-electron chi connectivity index (χ2n) is 4.79. The summed E-state index contributed by atoms with van der Waals surface area (Å²) in [7, 11) is 0. The van der Waals surface area contributed by atoms with Crippen molar-refractivity contribution in [2.45, 2.75) is 19.3 Å². The van der Waals surface area contributed by atoms with E-state index in [1.165, 1.54) is 6.07 Å². The van der Waals surface area contributed by atoms with Crippen LogP contribution in [0, 0.1) is 5.41 Å². The van der Waals surface area contributed by atoms with Crippen LogP contribution >= 0.6 is 15.9 Å². The highest BCUT2D eigenvalue weighted by Crippen LogP contribution is 2.41. The molecular weight excluding hydrogens is 312 g/mol. The van der Waals surface area contributed by atoms with Gasteiger partial charge in [0.25, 0.3) is 0 Å². The predicted octanol–water partition coefficient (Wildman–Crippen LogP) is 2.21. The molecular formula is C13H15BrN2O3. The van der Waals surface area contributed by atoms with Crippen LogP contribution < -0.4 is 11.1 Å². The topological polar surface area (TPSA) is 92.4 Å². The van der Waals surface area contributed by atoms with E-state index in [1.54, 1.807) is 12.1 Å². The molecule has 1 amide bonds. The number of amides is 1. The van der Waals surface area contributed by atoms with E-state index >= 15 is 0 Å². The van der Waals surface area contributed by atoms with Gasteiger partial charge in [-0.3, -0.25) is 4.79 Å². The molecule has 0 aliphatic heterocycles. The molecule has 0 aromatic heterocycles. The summed E-state index contributed by atoms with van der Waals surface area (Å²) in [4.78, 5) is 23.4. The number of halogens is 1. The number of benzene rings is 1. The third-order valence-electron chi connectivity index (χ3n) is 3.64. The fourth-order valence-corrected chi connectivity index (χ4v) is 2.55. The zero-order valence-corrected chi connectivity index (χ0v) is 11.9. The van der Waals surface area contributed by atoms with Crippen molar-refractivity contribution in [1.82, 2.24) is 0 Å². The number of nitrogens with two attached hydrogens (primary N) is 1. The monoisotopic (exact) mass is 326 g/mol. The van der Waals surface area contributed by atoms with E-state index in [1.807, 2.05) is 0 Å². The molecule has 1 fully saturated rings. The quantitative estimate of drug-likeness (QED) is 0.790.